The molecule has 4 heterocycles. The molecule has 2 aliphatic heterocycles. The predicted octanol–water partition coefficient (Wildman–Crippen LogP) is 5.96. The molecule has 0 amide bonds. The maximum absolute atomic E-state index is 4.65. The van der Waals surface area contributed by atoms with E-state index >= 15 is 0 Å². The van der Waals surface area contributed by atoms with Crippen molar-refractivity contribution < 1.29 is 5.71 Å². The van der Waals surface area contributed by atoms with E-state index in [1.54, 1.807) is 0 Å². The van der Waals surface area contributed by atoms with Gasteiger partial charge >= 0.3 is 0 Å². The Kier molecular flexibility index (Phi) is 4.02. The zero-order valence-electron chi connectivity index (χ0n) is 19.0. The summed E-state index contributed by atoms with van der Waals surface area (Å²) in [4.78, 5) is 16.4. The lowest BCUT2D eigenvalue weighted by Crippen LogP contribution is -2.18. The van der Waals surface area contributed by atoms with Gasteiger partial charge in [0.05, 0.1) is 35.9 Å². The molecular weight excluding hydrogens is 420 g/mol. The highest BCUT2D eigenvalue weighted by atomic mass is 15.1. The smallest absolute Gasteiger partial charge is 0.123 e. The third kappa shape index (κ3) is 3.24. The Bertz CT molecular complexity index is 1240. The van der Waals surface area contributed by atoms with Gasteiger partial charge in [-0.05, 0) is 59.8 Å². The van der Waals surface area contributed by atoms with Crippen LogP contribution < -0.4 is 10.6 Å². The average Bonchev–Trinajstić information content (AvgIpc) is 3.46. The van der Waals surface area contributed by atoms with E-state index in [4.69, 9.17) is 0 Å². The van der Waals surface area contributed by atoms with Crippen molar-refractivity contribution in [2.24, 2.45) is 11.8 Å². The highest BCUT2D eigenvalue weighted by Crippen LogP contribution is 2.46. The zero-order chi connectivity index (χ0) is 22.2. The van der Waals surface area contributed by atoms with Gasteiger partial charge in [0.2, 0.25) is 0 Å². The second-order valence-electron chi connectivity index (χ2n) is 10.6. The molecule has 0 bridgehead atoms. The first-order valence-electron chi connectivity index (χ1n) is 12.6. The van der Waals surface area contributed by atoms with Gasteiger partial charge in [-0.3, -0.25) is 0 Å². The van der Waals surface area contributed by atoms with Crippen LogP contribution in [-0.4, -0.2) is 32.0 Å². The van der Waals surface area contributed by atoms with Crippen molar-refractivity contribution in [3.63, 3.8) is 0 Å². The van der Waals surface area contributed by atoms with Crippen molar-refractivity contribution in [1.29, 1.82) is 0 Å². The van der Waals surface area contributed by atoms with Crippen molar-refractivity contribution in [1.82, 2.24) is 30.6 Å². The first-order chi connectivity index (χ1) is 16.8. The standard InChI is InChI=1S/C28H28N6.4H2/c1-5-17(25-13-29-27(33-25)23-11-19-9-21(19)31-23)6-2-15(1)16-3-7-18(8-4-16)26-14-30-28(34-26)24-12-20-10-22(20)32-24;;;;/h1-8,13-14,19-24,31-32H,9-12H2,(H,29,33)(H,30,34);4*1H/t19?,20?,21?,22?,23-,24-;;;;/m0..../s1. The number of H-pyrrole nitrogens is 2. The third-order valence-corrected chi connectivity index (χ3v) is 8.33. The van der Waals surface area contributed by atoms with E-state index in [1.165, 1.54) is 47.9 Å². The molecule has 34 heavy (non-hydrogen) atoms. The van der Waals surface area contributed by atoms with E-state index in [0.717, 1.165) is 47.0 Å². The van der Waals surface area contributed by atoms with Crippen LogP contribution in [0.2, 0.25) is 0 Å². The van der Waals surface area contributed by atoms with E-state index in [0.29, 0.717) is 12.1 Å². The molecule has 4 aliphatic rings. The monoisotopic (exact) mass is 456 g/mol. The minimum absolute atomic E-state index is 0. The van der Waals surface area contributed by atoms with Crippen LogP contribution in [0, 0.1) is 11.8 Å². The zero-order valence-corrected chi connectivity index (χ0v) is 19.0. The summed E-state index contributed by atoms with van der Waals surface area (Å²) < 4.78 is 0. The van der Waals surface area contributed by atoms with E-state index in [1.807, 2.05) is 12.4 Å². The molecule has 2 aromatic heterocycles. The Morgan fingerprint density at radius 3 is 1.35 bits per heavy atom. The molecule has 6 atom stereocenters. The summed E-state index contributed by atoms with van der Waals surface area (Å²) in [5.41, 5.74) is 6.95. The van der Waals surface area contributed by atoms with Crippen molar-refractivity contribution in [2.45, 2.75) is 49.9 Å². The van der Waals surface area contributed by atoms with Crippen LogP contribution in [0.4, 0.5) is 0 Å². The normalized spacial score (nSPS) is 30.8. The highest BCUT2D eigenvalue weighted by Gasteiger charge is 2.47. The summed E-state index contributed by atoms with van der Waals surface area (Å²) in [5, 5.41) is 7.34. The van der Waals surface area contributed by atoms with E-state index in [-0.39, 0.29) is 5.71 Å². The van der Waals surface area contributed by atoms with Gasteiger partial charge in [0.15, 0.2) is 0 Å². The first kappa shape index (κ1) is 19.1. The van der Waals surface area contributed by atoms with Gasteiger partial charge in [0.1, 0.15) is 11.6 Å². The molecule has 4 fully saturated rings. The van der Waals surface area contributed by atoms with Crippen molar-refractivity contribution in [3.05, 3.63) is 72.6 Å². The Balaban J connectivity index is 0.000000840. The predicted molar refractivity (Wildman–Crippen MR) is 140 cm³/mol. The number of fused-ring (bicyclic) bond motifs is 2. The summed E-state index contributed by atoms with van der Waals surface area (Å²) in [6.07, 6.45) is 9.04. The number of benzene rings is 2. The number of hydrogen-bond acceptors (Lipinski definition) is 4. The molecule has 4 unspecified atom stereocenters. The van der Waals surface area contributed by atoms with Gasteiger partial charge < -0.3 is 20.6 Å². The van der Waals surface area contributed by atoms with E-state index < -0.39 is 0 Å². The van der Waals surface area contributed by atoms with Gasteiger partial charge in [-0.15, -0.1) is 0 Å². The van der Waals surface area contributed by atoms with Crippen LogP contribution in [0.3, 0.4) is 0 Å². The van der Waals surface area contributed by atoms with Gasteiger partial charge in [0, 0.05) is 17.8 Å². The summed E-state index contributed by atoms with van der Waals surface area (Å²) in [6.45, 7) is 0. The Hall–Kier alpha value is -3.22. The highest BCUT2D eigenvalue weighted by molar-refractivity contribution is 5.71. The molecule has 178 valence electrons. The molecule has 6 heteroatoms. The van der Waals surface area contributed by atoms with Crippen LogP contribution in [-0.2, 0) is 0 Å². The number of rotatable bonds is 5. The topological polar surface area (TPSA) is 81.4 Å². The number of aromatic nitrogens is 4. The largest absolute Gasteiger partial charge is 0.341 e. The molecule has 8 rings (SSSR count). The molecule has 2 saturated heterocycles. The average molecular weight is 457 g/mol. The van der Waals surface area contributed by atoms with E-state index in [9.17, 15) is 0 Å². The summed E-state index contributed by atoms with van der Waals surface area (Å²) in [6, 6.07) is 19.7. The quantitative estimate of drug-likeness (QED) is 0.298. The molecule has 0 radical (unpaired) electrons. The summed E-state index contributed by atoms with van der Waals surface area (Å²) in [7, 11) is 0. The lowest BCUT2D eigenvalue weighted by molar-refractivity contribution is 0.543. The van der Waals surface area contributed by atoms with Crippen LogP contribution in [0.5, 0.6) is 0 Å². The molecule has 2 aliphatic carbocycles. The maximum atomic E-state index is 4.65. The molecule has 0 spiro atoms. The Morgan fingerprint density at radius 2 is 0.971 bits per heavy atom. The Morgan fingerprint density at radius 1 is 0.559 bits per heavy atom. The minimum Gasteiger partial charge on any atom is -0.341 e. The summed E-state index contributed by atoms with van der Waals surface area (Å²) >= 11 is 0. The Labute approximate surface area is 204 Å². The number of nitrogens with one attached hydrogen (secondary N) is 4. The van der Waals surface area contributed by atoms with Gasteiger partial charge in [-0.1, -0.05) is 48.5 Å². The first-order valence-corrected chi connectivity index (χ1v) is 12.6. The molecule has 4 aromatic rings. The van der Waals surface area contributed by atoms with E-state index in [2.05, 4.69) is 79.1 Å². The lowest BCUT2D eigenvalue weighted by Gasteiger charge is -2.09. The molecule has 2 saturated carbocycles. The molecular formula is C28H36N6. The number of piperidine rings is 2. The van der Waals surface area contributed by atoms with Crippen molar-refractivity contribution in [3.8, 4) is 33.6 Å². The van der Waals surface area contributed by atoms with Crippen LogP contribution >= 0.6 is 0 Å². The maximum Gasteiger partial charge on any atom is 0.123 e. The number of hydrogen-bond donors (Lipinski definition) is 4. The fraction of sp³-hybridized carbons (Fsp3) is 0.357. The number of nitrogens with zero attached hydrogens (tertiary/aromatic N) is 2. The molecule has 2 aromatic carbocycles. The van der Waals surface area contributed by atoms with Crippen LogP contribution in [0.15, 0.2) is 60.9 Å². The fourth-order valence-corrected chi connectivity index (χ4v) is 6.07. The second-order valence-corrected chi connectivity index (χ2v) is 10.6. The number of aromatic amines is 2. The van der Waals surface area contributed by atoms with Crippen molar-refractivity contribution in [2.75, 3.05) is 0 Å². The van der Waals surface area contributed by atoms with Gasteiger partial charge in [-0.2, -0.15) is 0 Å². The van der Waals surface area contributed by atoms with Gasteiger partial charge in [0.25, 0.3) is 0 Å². The second kappa shape index (κ2) is 7.14. The SMILES string of the molecule is [HH].[HH].[HH].[HH].c1cc(-c2cnc([C@@H]3CC4CC4N3)[nH]2)ccc1-c1ccc(-c2cnc([C@@H]3CC4CC4N3)[nH]2)cc1. The van der Waals surface area contributed by atoms with Crippen LogP contribution in [0.25, 0.3) is 33.6 Å². The van der Waals surface area contributed by atoms with Crippen LogP contribution in [0.1, 0.15) is 55.1 Å². The summed E-state index contributed by atoms with van der Waals surface area (Å²) in [5.74, 6) is 3.89. The van der Waals surface area contributed by atoms with Gasteiger partial charge in [-0.25, -0.2) is 9.97 Å². The molecule has 6 nitrogen and oxygen atoms in total. The minimum atomic E-state index is 0. The number of imidazole rings is 2. The fourth-order valence-electron chi connectivity index (χ4n) is 6.07. The molecule has 4 N–H and O–H groups in total. The van der Waals surface area contributed by atoms with Crippen molar-refractivity contribution >= 4 is 0 Å². The lowest BCUT2D eigenvalue weighted by atomic mass is 10.0. The third-order valence-electron chi connectivity index (χ3n) is 8.33.